The summed E-state index contributed by atoms with van der Waals surface area (Å²) in [5, 5.41) is 0. The number of hydrogen-bond donors (Lipinski definition) is 1. The molecule has 0 aromatic heterocycles. The Bertz CT molecular complexity index is 249. The molecule has 4 heteroatoms. The molecule has 2 fully saturated rings. The van der Waals surface area contributed by atoms with Gasteiger partial charge in [0.25, 0.3) is 0 Å². The molecule has 2 heterocycles. The minimum atomic E-state index is 0.252. The van der Waals surface area contributed by atoms with Gasteiger partial charge in [0.2, 0.25) is 0 Å². The lowest BCUT2D eigenvalue weighted by Gasteiger charge is -2.48. The van der Waals surface area contributed by atoms with Crippen molar-refractivity contribution < 1.29 is 4.74 Å². The van der Waals surface area contributed by atoms with E-state index in [1.807, 2.05) is 0 Å². The Labute approximate surface area is 111 Å². The zero-order valence-corrected chi connectivity index (χ0v) is 12.0. The van der Waals surface area contributed by atoms with Crippen LogP contribution < -0.4 is 5.73 Å². The fraction of sp³-hybridized carbons (Fsp3) is 1.00. The molecule has 106 valence electrons. The molecule has 0 saturated carbocycles. The van der Waals surface area contributed by atoms with E-state index in [2.05, 4.69) is 16.7 Å². The van der Waals surface area contributed by atoms with Crippen LogP contribution >= 0.6 is 0 Å². The van der Waals surface area contributed by atoms with Crippen molar-refractivity contribution in [2.45, 2.75) is 50.7 Å². The monoisotopic (exact) mass is 255 g/mol. The van der Waals surface area contributed by atoms with E-state index in [-0.39, 0.29) is 6.04 Å². The van der Waals surface area contributed by atoms with Crippen LogP contribution in [0.2, 0.25) is 0 Å². The van der Waals surface area contributed by atoms with Gasteiger partial charge in [-0.1, -0.05) is 6.42 Å². The van der Waals surface area contributed by atoms with Crippen molar-refractivity contribution in [2.75, 3.05) is 39.9 Å². The van der Waals surface area contributed by atoms with Crippen LogP contribution in [0.4, 0.5) is 0 Å². The molecule has 2 rings (SSSR count). The van der Waals surface area contributed by atoms with Crippen molar-refractivity contribution >= 4 is 0 Å². The maximum absolute atomic E-state index is 6.19. The SMILES string of the molecule is COCCC(N)CN1CC2CCCCN2CC1C. The normalized spacial score (nSPS) is 32.2. The molecule has 3 unspecified atom stereocenters. The van der Waals surface area contributed by atoms with Crippen molar-refractivity contribution in [3.8, 4) is 0 Å². The molecule has 3 atom stereocenters. The van der Waals surface area contributed by atoms with Gasteiger partial charge in [0.05, 0.1) is 0 Å². The zero-order chi connectivity index (χ0) is 13.0. The third-order valence-corrected chi connectivity index (χ3v) is 4.48. The largest absolute Gasteiger partial charge is 0.385 e. The Morgan fingerprint density at radius 1 is 1.33 bits per heavy atom. The van der Waals surface area contributed by atoms with Crippen molar-refractivity contribution in [1.82, 2.24) is 9.80 Å². The van der Waals surface area contributed by atoms with Crippen molar-refractivity contribution in [2.24, 2.45) is 5.73 Å². The van der Waals surface area contributed by atoms with Gasteiger partial charge in [-0.25, -0.2) is 0 Å². The first kappa shape index (κ1) is 14.3. The predicted octanol–water partition coefficient (Wildman–Crippen LogP) is 0.909. The van der Waals surface area contributed by atoms with E-state index in [0.29, 0.717) is 6.04 Å². The molecular formula is C14H29N3O. The van der Waals surface area contributed by atoms with Crippen molar-refractivity contribution in [3.05, 3.63) is 0 Å². The van der Waals surface area contributed by atoms with Crippen LogP contribution in [0.15, 0.2) is 0 Å². The number of ether oxygens (including phenoxy) is 1. The van der Waals surface area contributed by atoms with Gasteiger partial charge in [-0.15, -0.1) is 0 Å². The lowest BCUT2D eigenvalue weighted by molar-refractivity contribution is 0.0112. The van der Waals surface area contributed by atoms with E-state index in [4.69, 9.17) is 10.5 Å². The molecule has 2 saturated heterocycles. The number of nitrogens with two attached hydrogens (primary N) is 1. The summed E-state index contributed by atoms with van der Waals surface area (Å²) < 4.78 is 5.11. The molecular weight excluding hydrogens is 226 g/mol. The van der Waals surface area contributed by atoms with Gasteiger partial charge in [0.1, 0.15) is 0 Å². The van der Waals surface area contributed by atoms with E-state index in [1.165, 1.54) is 38.9 Å². The van der Waals surface area contributed by atoms with E-state index in [0.717, 1.165) is 25.6 Å². The van der Waals surface area contributed by atoms with Crippen LogP contribution in [0.1, 0.15) is 32.6 Å². The average molecular weight is 255 g/mol. The fourth-order valence-corrected chi connectivity index (χ4v) is 3.33. The van der Waals surface area contributed by atoms with Crippen molar-refractivity contribution in [3.63, 3.8) is 0 Å². The highest BCUT2D eigenvalue weighted by molar-refractivity contribution is 4.90. The summed E-state index contributed by atoms with van der Waals surface area (Å²) in [6.07, 6.45) is 5.13. The zero-order valence-electron chi connectivity index (χ0n) is 12.0. The molecule has 0 amide bonds. The molecule has 0 spiro atoms. The van der Waals surface area contributed by atoms with Crippen LogP contribution in [-0.4, -0.2) is 67.8 Å². The first-order valence-corrected chi connectivity index (χ1v) is 7.43. The maximum atomic E-state index is 6.19. The van der Waals surface area contributed by atoms with Crippen molar-refractivity contribution in [1.29, 1.82) is 0 Å². The summed E-state index contributed by atoms with van der Waals surface area (Å²) in [6, 6.07) is 1.68. The standard InChI is InChI=1S/C14H29N3O/c1-12-9-16-7-4-3-5-14(16)11-17(12)10-13(15)6-8-18-2/h12-14H,3-11,15H2,1-2H3. The molecule has 0 aliphatic carbocycles. The molecule has 4 nitrogen and oxygen atoms in total. The van der Waals surface area contributed by atoms with Gasteiger partial charge < -0.3 is 10.5 Å². The highest BCUT2D eigenvalue weighted by Crippen LogP contribution is 2.24. The van der Waals surface area contributed by atoms with Crippen LogP contribution in [-0.2, 0) is 4.74 Å². The fourth-order valence-electron chi connectivity index (χ4n) is 3.33. The summed E-state index contributed by atoms with van der Waals surface area (Å²) in [5.74, 6) is 0. The predicted molar refractivity (Wildman–Crippen MR) is 74.7 cm³/mol. The third kappa shape index (κ3) is 3.67. The van der Waals surface area contributed by atoms with Crippen LogP contribution in [0, 0.1) is 0 Å². The van der Waals surface area contributed by atoms with Gasteiger partial charge in [-0.3, -0.25) is 9.80 Å². The summed E-state index contributed by atoms with van der Waals surface area (Å²) in [4.78, 5) is 5.28. The number of piperazine rings is 1. The molecule has 0 radical (unpaired) electrons. The lowest BCUT2D eigenvalue weighted by Crippen LogP contribution is -2.60. The minimum Gasteiger partial charge on any atom is -0.385 e. The van der Waals surface area contributed by atoms with Crippen LogP contribution in [0.25, 0.3) is 0 Å². The lowest BCUT2D eigenvalue weighted by atomic mass is 9.96. The van der Waals surface area contributed by atoms with Crippen LogP contribution in [0.3, 0.4) is 0 Å². The Kier molecular flexibility index (Phi) is 5.42. The first-order valence-electron chi connectivity index (χ1n) is 7.43. The second kappa shape index (κ2) is 6.85. The van der Waals surface area contributed by atoms with Gasteiger partial charge in [-0.05, 0) is 32.7 Å². The Morgan fingerprint density at radius 2 is 2.17 bits per heavy atom. The third-order valence-electron chi connectivity index (χ3n) is 4.48. The average Bonchev–Trinajstić information content (AvgIpc) is 2.37. The summed E-state index contributed by atoms with van der Waals surface area (Å²) in [7, 11) is 1.75. The number of rotatable bonds is 5. The minimum absolute atomic E-state index is 0.252. The second-order valence-corrected chi connectivity index (χ2v) is 5.99. The van der Waals surface area contributed by atoms with Gasteiger partial charge in [-0.2, -0.15) is 0 Å². The second-order valence-electron chi connectivity index (χ2n) is 5.99. The van der Waals surface area contributed by atoms with E-state index >= 15 is 0 Å². The first-order chi connectivity index (χ1) is 8.70. The highest BCUT2D eigenvalue weighted by Gasteiger charge is 2.33. The number of nitrogens with zero attached hydrogens (tertiary/aromatic N) is 2. The Hall–Kier alpha value is -0.160. The van der Waals surface area contributed by atoms with E-state index in [1.54, 1.807) is 7.11 Å². The number of fused-ring (bicyclic) bond motifs is 1. The van der Waals surface area contributed by atoms with Gasteiger partial charge >= 0.3 is 0 Å². The summed E-state index contributed by atoms with van der Waals surface area (Å²) in [5.41, 5.74) is 6.19. The summed E-state index contributed by atoms with van der Waals surface area (Å²) >= 11 is 0. The molecule has 0 aromatic carbocycles. The topological polar surface area (TPSA) is 41.7 Å². The molecule has 2 aliphatic rings. The molecule has 0 bridgehead atoms. The smallest absolute Gasteiger partial charge is 0.0477 e. The molecule has 18 heavy (non-hydrogen) atoms. The quantitative estimate of drug-likeness (QED) is 0.793. The molecule has 0 aromatic rings. The number of hydrogen-bond acceptors (Lipinski definition) is 4. The van der Waals surface area contributed by atoms with Gasteiger partial charge in [0, 0.05) is 51.5 Å². The van der Waals surface area contributed by atoms with E-state index in [9.17, 15) is 0 Å². The summed E-state index contributed by atoms with van der Waals surface area (Å²) in [6.45, 7) is 7.88. The highest BCUT2D eigenvalue weighted by atomic mass is 16.5. The molecule has 2 aliphatic heterocycles. The number of piperidine rings is 1. The Balaban J connectivity index is 1.81. The molecule has 2 N–H and O–H groups in total. The number of methoxy groups -OCH3 is 1. The maximum Gasteiger partial charge on any atom is 0.0477 e. The van der Waals surface area contributed by atoms with Crippen LogP contribution in [0.5, 0.6) is 0 Å². The van der Waals surface area contributed by atoms with Gasteiger partial charge in [0.15, 0.2) is 0 Å². The Morgan fingerprint density at radius 3 is 2.94 bits per heavy atom. The van der Waals surface area contributed by atoms with E-state index < -0.39 is 0 Å².